The van der Waals surface area contributed by atoms with E-state index in [-0.39, 0.29) is 11.0 Å². The summed E-state index contributed by atoms with van der Waals surface area (Å²) in [6.07, 6.45) is -0.952. The standard InChI is InChI=1S/C15H23ClN4O4/c1-15(2,3)24-14(22)20-7-5-19(6-8-20)11-9-10(12(21)23-4)17-13(16)18-11/h9,14,22H,5-8H2,1-4H3. The molecule has 24 heavy (non-hydrogen) atoms. The van der Waals surface area contributed by atoms with Gasteiger partial charge in [-0.2, -0.15) is 0 Å². The molecule has 0 amide bonds. The van der Waals surface area contributed by atoms with Crippen molar-refractivity contribution in [1.82, 2.24) is 14.9 Å². The van der Waals surface area contributed by atoms with Crippen molar-refractivity contribution in [2.45, 2.75) is 32.8 Å². The van der Waals surface area contributed by atoms with Crippen molar-refractivity contribution in [3.05, 3.63) is 17.0 Å². The number of piperazine rings is 1. The Balaban J connectivity index is 2.02. The largest absolute Gasteiger partial charge is 0.464 e. The number of aliphatic hydroxyl groups excluding tert-OH is 1. The lowest BCUT2D eigenvalue weighted by molar-refractivity contribution is -0.239. The lowest BCUT2D eigenvalue weighted by Gasteiger charge is -2.39. The van der Waals surface area contributed by atoms with Crippen LogP contribution in [-0.4, -0.2) is 71.2 Å². The summed E-state index contributed by atoms with van der Waals surface area (Å²) in [6.45, 7) is 8.08. The van der Waals surface area contributed by atoms with E-state index < -0.39 is 18.0 Å². The number of aliphatic hydroxyl groups is 1. The highest BCUT2D eigenvalue weighted by molar-refractivity contribution is 6.28. The summed E-state index contributed by atoms with van der Waals surface area (Å²) in [6, 6.07) is 1.55. The van der Waals surface area contributed by atoms with Crippen LogP contribution in [0.15, 0.2) is 6.07 Å². The second-order valence-corrected chi connectivity index (χ2v) is 6.79. The molecule has 2 heterocycles. The van der Waals surface area contributed by atoms with Crippen LogP contribution in [0.25, 0.3) is 0 Å². The predicted molar refractivity (Wildman–Crippen MR) is 89.0 cm³/mol. The van der Waals surface area contributed by atoms with E-state index in [0.717, 1.165) is 0 Å². The zero-order valence-electron chi connectivity index (χ0n) is 14.3. The average Bonchev–Trinajstić information content (AvgIpc) is 2.52. The summed E-state index contributed by atoms with van der Waals surface area (Å²) in [5, 5.41) is 10.1. The predicted octanol–water partition coefficient (Wildman–Crippen LogP) is 1.13. The number of halogens is 1. The molecule has 1 aliphatic heterocycles. The van der Waals surface area contributed by atoms with Crippen LogP contribution in [0.5, 0.6) is 0 Å². The fraction of sp³-hybridized carbons (Fsp3) is 0.667. The maximum atomic E-state index is 11.6. The quantitative estimate of drug-likeness (QED) is 0.487. The molecule has 1 unspecified atom stereocenters. The number of hydrogen-bond donors (Lipinski definition) is 1. The molecule has 1 fully saturated rings. The number of ether oxygens (including phenoxy) is 2. The first-order valence-electron chi connectivity index (χ1n) is 7.67. The highest BCUT2D eigenvalue weighted by atomic mass is 35.5. The van der Waals surface area contributed by atoms with E-state index >= 15 is 0 Å². The molecular weight excluding hydrogens is 336 g/mol. The van der Waals surface area contributed by atoms with Gasteiger partial charge in [-0.3, -0.25) is 4.90 Å². The first-order chi connectivity index (χ1) is 11.2. The molecule has 1 aliphatic rings. The van der Waals surface area contributed by atoms with Gasteiger partial charge in [0.1, 0.15) is 5.82 Å². The summed E-state index contributed by atoms with van der Waals surface area (Å²) in [7, 11) is 1.29. The highest BCUT2D eigenvalue weighted by Crippen LogP contribution is 2.19. The molecule has 1 aromatic rings. The Labute approximate surface area is 146 Å². The maximum Gasteiger partial charge on any atom is 0.356 e. The van der Waals surface area contributed by atoms with Crippen molar-refractivity contribution in [2.75, 3.05) is 38.2 Å². The summed E-state index contributed by atoms with van der Waals surface area (Å²) in [5.41, 5.74) is -0.308. The zero-order valence-corrected chi connectivity index (χ0v) is 15.1. The van der Waals surface area contributed by atoms with Crippen LogP contribution in [0.4, 0.5) is 5.82 Å². The van der Waals surface area contributed by atoms with Crippen LogP contribution >= 0.6 is 11.6 Å². The van der Waals surface area contributed by atoms with Crippen LogP contribution < -0.4 is 4.90 Å². The third kappa shape index (κ3) is 5.01. The Morgan fingerprint density at radius 3 is 2.46 bits per heavy atom. The normalized spacial score (nSPS) is 17.7. The van der Waals surface area contributed by atoms with Crippen molar-refractivity contribution < 1.29 is 19.4 Å². The van der Waals surface area contributed by atoms with Gasteiger partial charge >= 0.3 is 5.97 Å². The number of methoxy groups -OCH3 is 1. The van der Waals surface area contributed by atoms with Crippen molar-refractivity contribution >= 4 is 23.4 Å². The highest BCUT2D eigenvalue weighted by Gasteiger charge is 2.27. The number of carbonyl (C=O) groups excluding carboxylic acids is 1. The fourth-order valence-electron chi connectivity index (χ4n) is 2.34. The lowest BCUT2D eigenvalue weighted by Crippen LogP contribution is -2.52. The average molecular weight is 359 g/mol. The van der Waals surface area contributed by atoms with E-state index in [9.17, 15) is 9.90 Å². The van der Waals surface area contributed by atoms with E-state index in [2.05, 4.69) is 14.7 Å². The minimum atomic E-state index is -0.952. The molecule has 0 saturated carbocycles. The van der Waals surface area contributed by atoms with Crippen molar-refractivity contribution in [2.24, 2.45) is 0 Å². The van der Waals surface area contributed by atoms with E-state index in [1.165, 1.54) is 7.11 Å². The number of aromatic nitrogens is 2. The smallest absolute Gasteiger partial charge is 0.356 e. The van der Waals surface area contributed by atoms with E-state index in [1.54, 1.807) is 6.07 Å². The van der Waals surface area contributed by atoms with Crippen molar-refractivity contribution in [3.63, 3.8) is 0 Å². The van der Waals surface area contributed by atoms with Gasteiger partial charge in [0.25, 0.3) is 0 Å². The monoisotopic (exact) mass is 358 g/mol. The summed E-state index contributed by atoms with van der Waals surface area (Å²) < 4.78 is 10.2. The third-order valence-corrected chi connectivity index (χ3v) is 3.66. The number of carbonyl (C=O) groups is 1. The number of rotatable bonds is 4. The summed E-state index contributed by atoms with van der Waals surface area (Å²) in [4.78, 5) is 23.5. The molecule has 9 heteroatoms. The lowest BCUT2D eigenvalue weighted by atomic mass is 10.2. The fourth-order valence-corrected chi connectivity index (χ4v) is 2.52. The van der Waals surface area contributed by atoms with E-state index in [4.69, 9.17) is 16.3 Å². The van der Waals surface area contributed by atoms with Crippen LogP contribution in [0.2, 0.25) is 5.28 Å². The molecule has 0 aromatic carbocycles. The Morgan fingerprint density at radius 2 is 1.92 bits per heavy atom. The molecule has 134 valence electrons. The van der Waals surface area contributed by atoms with Crippen LogP contribution in [-0.2, 0) is 9.47 Å². The Kier molecular flexibility index (Phi) is 5.97. The van der Waals surface area contributed by atoms with Gasteiger partial charge in [-0.05, 0) is 32.4 Å². The number of nitrogens with zero attached hydrogens (tertiary/aromatic N) is 4. The number of anilines is 1. The van der Waals surface area contributed by atoms with Crippen LogP contribution in [0, 0.1) is 0 Å². The summed E-state index contributed by atoms with van der Waals surface area (Å²) in [5.74, 6) is -0.00513. The molecule has 0 aliphatic carbocycles. The minimum absolute atomic E-state index is 0.00793. The minimum Gasteiger partial charge on any atom is -0.464 e. The van der Waals surface area contributed by atoms with Crippen LogP contribution in [0.1, 0.15) is 31.3 Å². The van der Waals surface area contributed by atoms with Crippen molar-refractivity contribution in [1.29, 1.82) is 0 Å². The van der Waals surface area contributed by atoms with Gasteiger partial charge in [0.05, 0.1) is 12.7 Å². The van der Waals surface area contributed by atoms with E-state index in [1.807, 2.05) is 30.6 Å². The molecule has 0 radical (unpaired) electrons. The third-order valence-electron chi connectivity index (χ3n) is 3.49. The molecule has 0 bridgehead atoms. The van der Waals surface area contributed by atoms with E-state index in [0.29, 0.717) is 32.0 Å². The number of esters is 1. The number of hydrogen-bond acceptors (Lipinski definition) is 8. The molecule has 8 nitrogen and oxygen atoms in total. The summed E-state index contributed by atoms with van der Waals surface area (Å²) >= 11 is 5.89. The Bertz CT molecular complexity index is 585. The van der Waals surface area contributed by atoms with Crippen LogP contribution in [0.3, 0.4) is 0 Å². The van der Waals surface area contributed by atoms with Gasteiger partial charge in [0, 0.05) is 32.2 Å². The molecule has 2 rings (SSSR count). The van der Waals surface area contributed by atoms with Gasteiger partial charge < -0.3 is 19.5 Å². The van der Waals surface area contributed by atoms with Gasteiger partial charge in [-0.25, -0.2) is 14.8 Å². The molecule has 1 atom stereocenters. The first kappa shape index (κ1) is 18.9. The molecule has 1 N–H and O–H groups in total. The van der Waals surface area contributed by atoms with Gasteiger partial charge in [-0.15, -0.1) is 0 Å². The molecular formula is C15H23ClN4O4. The van der Waals surface area contributed by atoms with Gasteiger partial charge in [0.15, 0.2) is 5.69 Å². The molecule has 1 aromatic heterocycles. The maximum absolute atomic E-state index is 11.6. The topological polar surface area (TPSA) is 88.0 Å². The second-order valence-electron chi connectivity index (χ2n) is 6.45. The van der Waals surface area contributed by atoms with Gasteiger partial charge in [0.2, 0.25) is 11.7 Å². The van der Waals surface area contributed by atoms with Crippen molar-refractivity contribution in [3.8, 4) is 0 Å². The Morgan fingerprint density at radius 1 is 1.29 bits per heavy atom. The van der Waals surface area contributed by atoms with Gasteiger partial charge in [-0.1, -0.05) is 0 Å². The molecule has 1 saturated heterocycles. The zero-order chi connectivity index (χ0) is 17.9. The SMILES string of the molecule is COC(=O)c1cc(N2CCN(C(O)OC(C)(C)C)CC2)nc(Cl)n1. The second kappa shape index (κ2) is 7.60. The molecule has 0 spiro atoms. The first-order valence-corrected chi connectivity index (χ1v) is 8.05. The Hall–Kier alpha value is -1.48.